The molecular formula is C23H28N4O5S. The van der Waals surface area contributed by atoms with Gasteiger partial charge in [-0.2, -0.15) is 4.98 Å². The third-order valence-corrected chi connectivity index (χ3v) is 6.26. The van der Waals surface area contributed by atoms with Crippen molar-refractivity contribution >= 4 is 21.6 Å². The van der Waals surface area contributed by atoms with Crippen LogP contribution in [0.15, 0.2) is 53.1 Å². The van der Waals surface area contributed by atoms with Gasteiger partial charge in [-0.1, -0.05) is 41.1 Å². The molecule has 0 unspecified atom stereocenters. The highest BCUT2D eigenvalue weighted by Crippen LogP contribution is 2.23. The number of carbonyl (C=O) groups excluding carboxylic acids is 1. The monoisotopic (exact) mass is 472 g/mol. The van der Waals surface area contributed by atoms with Crippen LogP contribution in [0.1, 0.15) is 24.3 Å². The first-order valence-electron chi connectivity index (χ1n) is 10.4. The van der Waals surface area contributed by atoms with Crippen molar-refractivity contribution in [3.8, 4) is 17.1 Å². The Bertz CT molecular complexity index is 1190. The Morgan fingerprint density at radius 3 is 2.55 bits per heavy atom. The van der Waals surface area contributed by atoms with Crippen LogP contribution in [0.5, 0.6) is 5.75 Å². The van der Waals surface area contributed by atoms with Crippen molar-refractivity contribution in [3.63, 3.8) is 0 Å². The second kappa shape index (κ2) is 10.5. The molecule has 0 aliphatic heterocycles. The van der Waals surface area contributed by atoms with Crippen molar-refractivity contribution in [3.05, 3.63) is 60.0 Å². The molecule has 1 amide bonds. The number of methoxy groups -OCH3 is 1. The summed E-state index contributed by atoms with van der Waals surface area (Å²) in [4.78, 5) is 18.4. The van der Waals surface area contributed by atoms with Gasteiger partial charge in [-0.05, 0) is 25.5 Å². The first kappa shape index (κ1) is 24.2. The van der Waals surface area contributed by atoms with Crippen LogP contribution >= 0.6 is 0 Å². The van der Waals surface area contributed by atoms with Crippen LogP contribution in [0.25, 0.3) is 11.4 Å². The largest absolute Gasteiger partial charge is 0.497 e. The molecule has 0 aliphatic rings. The van der Waals surface area contributed by atoms with E-state index in [2.05, 4.69) is 10.1 Å². The zero-order chi connectivity index (χ0) is 24.0. The van der Waals surface area contributed by atoms with E-state index < -0.39 is 10.0 Å². The van der Waals surface area contributed by atoms with Gasteiger partial charge in [-0.15, -0.1) is 0 Å². The van der Waals surface area contributed by atoms with Gasteiger partial charge in [0.25, 0.3) is 0 Å². The van der Waals surface area contributed by atoms with Gasteiger partial charge in [-0.25, -0.2) is 8.42 Å². The second-order valence-corrected chi connectivity index (χ2v) is 9.67. The van der Waals surface area contributed by atoms with Crippen molar-refractivity contribution in [1.29, 1.82) is 0 Å². The van der Waals surface area contributed by atoms with Crippen LogP contribution in [0, 0.1) is 6.92 Å². The molecule has 2 aromatic carbocycles. The minimum atomic E-state index is -3.52. The van der Waals surface area contributed by atoms with E-state index in [4.69, 9.17) is 9.26 Å². The number of carbonyl (C=O) groups is 1. The lowest BCUT2D eigenvalue weighted by molar-refractivity contribution is -0.130. The number of rotatable bonds is 10. The van der Waals surface area contributed by atoms with Gasteiger partial charge in [-0.3, -0.25) is 9.10 Å². The van der Waals surface area contributed by atoms with Crippen molar-refractivity contribution < 1.29 is 22.5 Å². The molecule has 0 bridgehead atoms. The molecule has 0 saturated carbocycles. The minimum Gasteiger partial charge on any atom is -0.497 e. The third kappa shape index (κ3) is 6.55. The standard InChI is InChI=1S/C23H28N4O5S/c1-17-10-12-18(13-11-17)23-24-21(32-25-23)16-26(2)22(28)9-6-14-27(33(4,29)30)19-7-5-8-20(15-19)31-3/h5,7-8,10-13,15H,6,9,14,16H2,1-4H3. The predicted octanol–water partition coefficient (Wildman–Crippen LogP) is 3.26. The summed E-state index contributed by atoms with van der Waals surface area (Å²) in [7, 11) is -0.350. The third-order valence-electron chi connectivity index (χ3n) is 5.07. The van der Waals surface area contributed by atoms with E-state index in [1.54, 1.807) is 31.3 Å². The molecule has 3 aromatic rings. The number of aromatic nitrogens is 2. The molecular weight excluding hydrogens is 444 g/mol. The maximum atomic E-state index is 12.6. The quantitative estimate of drug-likeness (QED) is 0.446. The number of hydrogen-bond donors (Lipinski definition) is 0. The molecule has 9 nitrogen and oxygen atoms in total. The number of sulfonamides is 1. The van der Waals surface area contributed by atoms with Gasteiger partial charge in [0.2, 0.25) is 27.6 Å². The fourth-order valence-corrected chi connectivity index (χ4v) is 4.20. The van der Waals surface area contributed by atoms with E-state index in [0.717, 1.165) is 17.4 Å². The molecule has 1 heterocycles. The molecule has 0 saturated heterocycles. The molecule has 10 heteroatoms. The van der Waals surface area contributed by atoms with Gasteiger partial charge in [0.05, 0.1) is 25.6 Å². The van der Waals surface area contributed by atoms with E-state index in [9.17, 15) is 13.2 Å². The van der Waals surface area contributed by atoms with Crippen molar-refractivity contribution in [2.45, 2.75) is 26.3 Å². The summed E-state index contributed by atoms with van der Waals surface area (Å²) < 4.78 is 36.3. The number of amides is 1. The molecule has 176 valence electrons. The molecule has 33 heavy (non-hydrogen) atoms. The molecule has 3 rings (SSSR count). The summed E-state index contributed by atoms with van der Waals surface area (Å²) in [6, 6.07) is 14.6. The molecule has 1 aromatic heterocycles. The average molecular weight is 473 g/mol. The minimum absolute atomic E-state index is 0.149. The Labute approximate surface area is 194 Å². The summed E-state index contributed by atoms with van der Waals surface area (Å²) in [6.45, 7) is 2.34. The Kier molecular flexibility index (Phi) is 7.70. The van der Waals surface area contributed by atoms with Crippen LogP contribution < -0.4 is 9.04 Å². The lowest BCUT2D eigenvalue weighted by atomic mass is 10.1. The number of nitrogens with zero attached hydrogens (tertiary/aromatic N) is 4. The van der Waals surface area contributed by atoms with Crippen LogP contribution in [0.2, 0.25) is 0 Å². The average Bonchev–Trinajstić information content (AvgIpc) is 3.24. The van der Waals surface area contributed by atoms with Crippen molar-refractivity contribution in [2.24, 2.45) is 0 Å². The van der Waals surface area contributed by atoms with Gasteiger partial charge in [0, 0.05) is 31.6 Å². The van der Waals surface area contributed by atoms with Crippen LogP contribution in [0.3, 0.4) is 0 Å². The molecule has 0 spiro atoms. The van der Waals surface area contributed by atoms with Crippen LogP contribution in [0.4, 0.5) is 5.69 Å². The van der Waals surface area contributed by atoms with Crippen molar-refractivity contribution in [2.75, 3.05) is 31.3 Å². The summed E-state index contributed by atoms with van der Waals surface area (Å²) in [5, 5.41) is 3.98. The SMILES string of the molecule is COc1cccc(N(CCCC(=O)N(C)Cc2nc(-c3ccc(C)cc3)no2)S(C)(=O)=O)c1. The lowest BCUT2D eigenvalue weighted by Crippen LogP contribution is -2.32. The highest BCUT2D eigenvalue weighted by atomic mass is 32.2. The van der Waals surface area contributed by atoms with Crippen molar-refractivity contribution in [1.82, 2.24) is 15.0 Å². The Hall–Kier alpha value is -3.40. The number of anilines is 1. The van der Waals surface area contributed by atoms with E-state index in [1.165, 1.54) is 16.3 Å². The smallest absolute Gasteiger partial charge is 0.246 e. The van der Waals surface area contributed by atoms with Crippen LogP contribution in [-0.4, -0.2) is 56.3 Å². The Morgan fingerprint density at radius 1 is 1.15 bits per heavy atom. The summed E-state index contributed by atoms with van der Waals surface area (Å²) in [5.74, 6) is 1.20. The molecule has 0 radical (unpaired) electrons. The molecule has 0 fully saturated rings. The molecule has 0 aliphatic carbocycles. The van der Waals surface area contributed by atoms with Gasteiger partial charge < -0.3 is 14.2 Å². The number of hydrogen-bond acceptors (Lipinski definition) is 7. The van der Waals surface area contributed by atoms with Gasteiger partial charge in [0.15, 0.2) is 0 Å². The molecule has 0 N–H and O–H groups in total. The Morgan fingerprint density at radius 2 is 1.88 bits per heavy atom. The second-order valence-electron chi connectivity index (χ2n) is 7.77. The first-order valence-corrected chi connectivity index (χ1v) is 12.3. The highest BCUT2D eigenvalue weighted by Gasteiger charge is 2.20. The summed E-state index contributed by atoms with van der Waals surface area (Å²) in [5.41, 5.74) is 2.46. The van der Waals surface area contributed by atoms with E-state index in [-0.39, 0.29) is 25.4 Å². The van der Waals surface area contributed by atoms with E-state index in [0.29, 0.717) is 29.6 Å². The maximum Gasteiger partial charge on any atom is 0.246 e. The fraction of sp³-hybridized carbons (Fsp3) is 0.348. The number of ether oxygens (including phenoxy) is 1. The summed E-state index contributed by atoms with van der Waals surface area (Å²) >= 11 is 0. The zero-order valence-electron chi connectivity index (χ0n) is 19.2. The van der Waals surface area contributed by atoms with Gasteiger partial charge in [0.1, 0.15) is 5.75 Å². The lowest BCUT2D eigenvalue weighted by Gasteiger charge is -2.23. The first-order chi connectivity index (χ1) is 15.7. The van der Waals surface area contributed by atoms with Gasteiger partial charge >= 0.3 is 0 Å². The number of benzene rings is 2. The Balaban J connectivity index is 1.56. The number of aryl methyl sites for hydroxylation is 1. The maximum absolute atomic E-state index is 12.6. The fourth-order valence-electron chi connectivity index (χ4n) is 3.25. The van der Waals surface area contributed by atoms with E-state index in [1.807, 2.05) is 31.2 Å². The van der Waals surface area contributed by atoms with Crippen LogP contribution in [-0.2, 0) is 21.4 Å². The molecule has 0 atom stereocenters. The van der Waals surface area contributed by atoms with E-state index >= 15 is 0 Å². The highest BCUT2D eigenvalue weighted by molar-refractivity contribution is 7.92. The zero-order valence-corrected chi connectivity index (χ0v) is 20.0. The normalized spacial score (nSPS) is 11.3. The predicted molar refractivity (Wildman–Crippen MR) is 125 cm³/mol. The topological polar surface area (TPSA) is 106 Å². The summed E-state index contributed by atoms with van der Waals surface area (Å²) in [6.07, 6.45) is 1.67.